The molecule has 0 fully saturated rings. The molecule has 0 N–H and O–H groups in total. The third-order valence-electron chi connectivity index (χ3n) is 9.15. The molecule has 0 atom stereocenters. The monoisotopic (exact) mass is 634 g/mol. The maximum absolute atomic E-state index is 6.05. The Labute approximate surface area is 280 Å². The van der Waals surface area contributed by atoms with Gasteiger partial charge in [0.05, 0.1) is 28.4 Å². The molecule has 1 aliphatic rings. The average Bonchev–Trinajstić information content (AvgIpc) is 3.79. The van der Waals surface area contributed by atoms with Crippen LogP contribution in [0.2, 0.25) is 0 Å². The number of aromatic nitrogens is 2. The quantitative estimate of drug-likeness (QED) is 0.193. The fraction of sp³-hybridized carbons (Fsp3) is 0. The lowest BCUT2D eigenvalue weighted by Crippen LogP contribution is -2.24. The number of hydrogen-bond donors (Lipinski definition) is 0. The molecule has 48 heavy (non-hydrogen) atoms. The van der Waals surface area contributed by atoms with Gasteiger partial charge in [-0.05, 0) is 83.6 Å². The number of furan rings is 1. The molecule has 10 rings (SSSR count). The summed E-state index contributed by atoms with van der Waals surface area (Å²) in [5.74, 6) is 0.713. The molecule has 2 aromatic heterocycles. The van der Waals surface area contributed by atoms with Gasteiger partial charge < -0.3 is 14.2 Å². The second-order valence-electron chi connectivity index (χ2n) is 11.9. The van der Waals surface area contributed by atoms with Crippen molar-refractivity contribution in [2.24, 2.45) is 0 Å². The predicted octanol–water partition coefficient (Wildman–Crippen LogP) is 12.2. The summed E-state index contributed by atoms with van der Waals surface area (Å²) in [4.78, 5) is 9.77. The Balaban J connectivity index is 1.07. The van der Waals surface area contributed by atoms with Gasteiger partial charge in [0.15, 0.2) is 5.82 Å². The van der Waals surface area contributed by atoms with Crippen LogP contribution >= 0.6 is 11.5 Å². The lowest BCUT2D eigenvalue weighted by atomic mass is 10.0. The SMILES string of the molecule is c1cc(-c2nsc(-c3ccc4oc5ccccc5c4c3)n2)cc(N2c3ccccc3N(c3cccc4ccccc34)c3ccccc32)c1. The van der Waals surface area contributed by atoms with Crippen molar-refractivity contribution >= 4 is 78.4 Å². The molecule has 226 valence electrons. The summed E-state index contributed by atoms with van der Waals surface area (Å²) in [5, 5.41) is 5.50. The van der Waals surface area contributed by atoms with Crippen LogP contribution in [0.25, 0.3) is 54.7 Å². The molecule has 0 amide bonds. The Morgan fingerprint density at radius 2 is 1.08 bits per heavy atom. The first-order valence-electron chi connectivity index (χ1n) is 15.9. The van der Waals surface area contributed by atoms with Crippen LogP contribution in [-0.4, -0.2) is 9.36 Å². The van der Waals surface area contributed by atoms with E-state index in [1.54, 1.807) is 0 Å². The van der Waals surface area contributed by atoms with E-state index in [-0.39, 0.29) is 0 Å². The molecule has 6 heteroatoms. The predicted molar refractivity (Wildman–Crippen MR) is 198 cm³/mol. The smallest absolute Gasteiger partial charge is 0.173 e. The van der Waals surface area contributed by atoms with E-state index in [9.17, 15) is 0 Å². The van der Waals surface area contributed by atoms with Crippen LogP contribution in [0.5, 0.6) is 0 Å². The van der Waals surface area contributed by atoms with Crippen molar-refractivity contribution in [1.29, 1.82) is 0 Å². The molecular formula is C42H26N4OS. The molecule has 5 nitrogen and oxygen atoms in total. The van der Waals surface area contributed by atoms with Crippen LogP contribution in [0.3, 0.4) is 0 Å². The minimum Gasteiger partial charge on any atom is -0.456 e. The molecular weight excluding hydrogens is 609 g/mol. The van der Waals surface area contributed by atoms with Gasteiger partial charge in [-0.3, -0.25) is 0 Å². The van der Waals surface area contributed by atoms with Crippen molar-refractivity contribution in [1.82, 2.24) is 9.36 Å². The van der Waals surface area contributed by atoms with Crippen LogP contribution in [0.15, 0.2) is 162 Å². The van der Waals surface area contributed by atoms with Gasteiger partial charge in [-0.1, -0.05) is 91.0 Å². The number of benzene rings is 7. The summed E-state index contributed by atoms with van der Waals surface area (Å²) in [6.45, 7) is 0. The van der Waals surface area contributed by atoms with Gasteiger partial charge in [-0.15, -0.1) is 0 Å². The number of anilines is 6. The standard InChI is InChI=1S/C42H26N4OS/c1-2-15-31-27(11-1)12-10-21-34(31)46-37-19-6-4-17-35(37)45(36-18-5-7-20-38(36)46)30-14-9-13-28(25-30)41-43-42(48-44-41)29-23-24-40-33(26-29)32-16-3-8-22-39(32)47-40/h1-26H. The van der Waals surface area contributed by atoms with Gasteiger partial charge in [-0.25, -0.2) is 4.98 Å². The van der Waals surface area contributed by atoms with E-state index in [0.717, 1.165) is 72.2 Å². The molecule has 0 spiro atoms. The molecule has 0 bridgehead atoms. The second kappa shape index (κ2) is 10.7. The third-order valence-corrected chi connectivity index (χ3v) is 9.91. The van der Waals surface area contributed by atoms with Gasteiger partial charge in [-0.2, -0.15) is 4.37 Å². The summed E-state index contributed by atoms with van der Waals surface area (Å²) < 4.78 is 10.9. The zero-order valence-corrected chi connectivity index (χ0v) is 26.4. The lowest BCUT2D eigenvalue weighted by Gasteiger charge is -2.40. The number of nitrogens with zero attached hydrogens (tertiary/aromatic N) is 4. The summed E-state index contributed by atoms with van der Waals surface area (Å²) in [5.41, 5.74) is 10.4. The first-order chi connectivity index (χ1) is 23.8. The average molecular weight is 635 g/mol. The van der Waals surface area contributed by atoms with Crippen molar-refractivity contribution in [3.05, 3.63) is 158 Å². The van der Waals surface area contributed by atoms with Gasteiger partial charge in [0, 0.05) is 33.0 Å². The molecule has 9 aromatic rings. The largest absolute Gasteiger partial charge is 0.456 e. The van der Waals surface area contributed by atoms with E-state index in [4.69, 9.17) is 13.8 Å². The Hall–Kier alpha value is -6.24. The Morgan fingerprint density at radius 3 is 1.90 bits per heavy atom. The minimum absolute atomic E-state index is 0.713. The van der Waals surface area contributed by atoms with Crippen LogP contribution < -0.4 is 9.80 Å². The normalized spacial score (nSPS) is 12.5. The van der Waals surface area contributed by atoms with E-state index in [1.807, 2.05) is 24.3 Å². The summed E-state index contributed by atoms with van der Waals surface area (Å²) >= 11 is 1.42. The molecule has 0 saturated carbocycles. The molecule has 0 aliphatic carbocycles. The van der Waals surface area contributed by atoms with Crippen molar-refractivity contribution in [2.45, 2.75) is 0 Å². The number of hydrogen-bond acceptors (Lipinski definition) is 6. The summed E-state index contributed by atoms with van der Waals surface area (Å²) in [6, 6.07) is 55.3. The van der Waals surface area contributed by atoms with Crippen LogP contribution in [-0.2, 0) is 0 Å². The molecule has 0 saturated heterocycles. The maximum atomic E-state index is 6.05. The highest BCUT2D eigenvalue weighted by Crippen LogP contribution is 2.55. The van der Waals surface area contributed by atoms with E-state index in [0.29, 0.717) is 5.82 Å². The fourth-order valence-corrected chi connectivity index (χ4v) is 7.67. The van der Waals surface area contributed by atoms with Crippen LogP contribution in [0, 0.1) is 0 Å². The molecule has 3 heterocycles. The summed E-state index contributed by atoms with van der Waals surface area (Å²) in [7, 11) is 0. The maximum Gasteiger partial charge on any atom is 0.173 e. The topological polar surface area (TPSA) is 45.4 Å². The van der Waals surface area contributed by atoms with Crippen molar-refractivity contribution in [3.63, 3.8) is 0 Å². The highest BCUT2D eigenvalue weighted by atomic mass is 32.1. The van der Waals surface area contributed by atoms with E-state index in [1.165, 1.54) is 22.3 Å². The van der Waals surface area contributed by atoms with E-state index >= 15 is 0 Å². The van der Waals surface area contributed by atoms with Gasteiger partial charge in [0.25, 0.3) is 0 Å². The van der Waals surface area contributed by atoms with Gasteiger partial charge in [0.2, 0.25) is 0 Å². The molecule has 7 aromatic carbocycles. The van der Waals surface area contributed by atoms with Crippen molar-refractivity contribution in [2.75, 3.05) is 9.80 Å². The van der Waals surface area contributed by atoms with Crippen LogP contribution in [0.1, 0.15) is 0 Å². The zero-order chi connectivity index (χ0) is 31.6. The van der Waals surface area contributed by atoms with Gasteiger partial charge in [0.1, 0.15) is 16.2 Å². The molecule has 0 unspecified atom stereocenters. The Kier molecular flexibility index (Phi) is 5.98. The zero-order valence-electron chi connectivity index (χ0n) is 25.6. The fourth-order valence-electron chi connectivity index (χ4n) is 6.99. The Bertz CT molecular complexity index is 2620. The van der Waals surface area contributed by atoms with Crippen molar-refractivity contribution < 1.29 is 4.42 Å². The molecule has 1 aliphatic heterocycles. The van der Waals surface area contributed by atoms with E-state index < -0.39 is 0 Å². The van der Waals surface area contributed by atoms with Gasteiger partial charge >= 0.3 is 0 Å². The first-order valence-corrected chi connectivity index (χ1v) is 16.7. The molecule has 0 radical (unpaired) electrons. The number of fused-ring (bicyclic) bond motifs is 6. The van der Waals surface area contributed by atoms with E-state index in [2.05, 4.69) is 143 Å². The van der Waals surface area contributed by atoms with Crippen LogP contribution in [0.4, 0.5) is 34.1 Å². The second-order valence-corrected chi connectivity index (χ2v) is 12.7. The lowest BCUT2D eigenvalue weighted by molar-refractivity contribution is 0.669. The third kappa shape index (κ3) is 4.16. The minimum atomic E-state index is 0.713. The number of rotatable bonds is 4. The van der Waals surface area contributed by atoms with Crippen molar-refractivity contribution in [3.8, 4) is 22.0 Å². The summed E-state index contributed by atoms with van der Waals surface area (Å²) in [6.07, 6.45) is 0. The Morgan fingerprint density at radius 1 is 0.458 bits per heavy atom. The highest BCUT2D eigenvalue weighted by molar-refractivity contribution is 7.09. The number of para-hydroxylation sites is 5. The highest BCUT2D eigenvalue weighted by Gasteiger charge is 2.31. The first kappa shape index (κ1) is 26.9.